The van der Waals surface area contributed by atoms with E-state index in [0.717, 1.165) is 25.1 Å². The summed E-state index contributed by atoms with van der Waals surface area (Å²) in [6.45, 7) is 1.06. The number of nitrogens with zero attached hydrogens (tertiary/aromatic N) is 2. The molecule has 0 saturated carbocycles. The zero-order valence-electron chi connectivity index (χ0n) is 8.73. The second-order valence-electron chi connectivity index (χ2n) is 3.95. The third kappa shape index (κ3) is 2.18. The van der Waals surface area contributed by atoms with Crippen molar-refractivity contribution in [2.45, 2.75) is 25.3 Å². The van der Waals surface area contributed by atoms with Gasteiger partial charge >= 0.3 is 5.97 Å². The maximum absolute atomic E-state index is 10.8. The molecule has 1 aliphatic heterocycles. The maximum Gasteiger partial charge on any atom is 0.354 e. The molecule has 0 amide bonds. The fourth-order valence-electron chi connectivity index (χ4n) is 2.01. The number of aryl methyl sites for hydroxylation is 1. The van der Waals surface area contributed by atoms with Gasteiger partial charge < -0.3 is 10.4 Å². The zero-order valence-corrected chi connectivity index (χ0v) is 8.73. The van der Waals surface area contributed by atoms with Crippen LogP contribution in [0.2, 0.25) is 0 Å². The molecule has 1 aromatic heterocycles. The minimum atomic E-state index is -0.921. The number of nitrogens with one attached hydrogen (secondary N) is 1. The third-order valence-corrected chi connectivity index (χ3v) is 2.77. The molecule has 82 valence electrons. The lowest BCUT2D eigenvalue weighted by Gasteiger charge is -2.06. The molecule has 1 aromatic rings. The lowest BCUT2D eigenvalue weighted by Crippen LogP contribution is -2.23. The highest BCUT2D eigenvalue weighted by Crippen LogP contribution is 2.12. The molecule has 0 bridgehead atoms. The number of carboxylic acids is 1. The van der Waals surface area contributed by atoms with Crippen LogP contribution in [0, 0.1) is 0 Å². The molecule has 2 heterocycles. The first-order valence-corrected chi connectivity index (χ1v) is 5.16. The Kier molecular flexibility index (Phi) is 2.73. The molecule has 2 rings (SSSR count). The van der Waals surface area contributed by atoms with E-state index >= 15 is 0 Å². The Hall–Kier alpha value is -1.36. The van der Waals surface area contributed by atoms with E-state index in [9.17, 15) is 4.79 Å². The van der Waals surface area contributed by atoms with Crippen LogP contribution in [-0.2, 0) is 13.5 Å². The van der Waals surface area contributed by atoms with Crippen LogP contribution in [0.5, 0.6) is 0 Å². The van der Waals surface area contributed by atoms with Crippen molar-refractivity contribution >= 4 is 5.97 Å². The summed E-state index contributed by atoms with van der Waals surface area (Å²) in [5.41, 5.74) is 1.11. The quantitative estimate of drug-likeness (QED) is 0.756. The number of hydrogen-bond acceptors (Lipinski definition) is 3. The largest absolute Gasteiger partial charge is 0.477 e. The molecule has 5 heteroatoms. The SMILES string of the molecule is Cn1nc(CC2CCCN2)cc1C(=O)O. The summed E-state index contributed by atoms with van der Waals surface area (Å²) >= 11 is 0. The third-order valence-electron chi connectivity index (χ3n) is 2.77. The lowest BCUT2D eigenvalue weighted by molar-refractivity contribution is 0.0685. The summed E-state index contributed by atoms with van der Waals surface area (Å²) in [6, 6.07) is 2.11. The molecule has 1 unspecified atom stereocenters. The summed E-state index contributed by atoms with van der Waals surface area (Å²) in [5.74, 6) is -0.921. The minimum Gasteiger partial charge on any atom is -0.477 e. The van der Waals surface area contributed by atoms with Crippen LogP contribution in [0.15, 0.2) is 6.07 Å². The number of carbonyl (C=O) groups is 1. The average molecular weight is 209 g/mol. The van der Waals surface area contributed by atoms with Crippen molar-refractivity contribution in [3.8, 4) is 0 Å². The van der Waals surface area contributed by atoms with E-state index in [1.807, 2.05) is 0 Å². The second kappa shape index (κ2) is 4.02. The smallest absolute Gasteiger partial charge is 0.354 e. The topological polar surface area (TPSA) is 67.2 Å². The van der Waals surface area contributed by atoms with Crippen molar-refractivity contribution in [3.05, 3.63) is 17.5 Å². The normalized spacial score (nSPS) is 20.7. The Morgan fingerprint density at radius 1 is 1.80 bits per heavy atom. The first kappa shape index (κ1) is 10.2. The molecule has 1 fully saturated rings. The molecular weight excluding hydrogens is 194 g/mol. The van der Waals surface area contributed by atoms with Crippen LogP contribution in [0.4, 0.5) is 0 Å². The molecule has 1 atom stereocenters. The highest BCUT2D eigenvalue weighted by atomic mass is 16.4. The van der Waals surface area contributed by atoms with Crippen LogP contribution in [-0.4, -0.2) is 33.4 Å². The highest BCUT2D eigenvalue weighted by molar-refractivity contribution is 5.85. The van der Waals surface area contributed by atoms with Gasteiger partial charge in [0.2, 0.25) is 0 Å². The van der Waals surface area contributed by atoms with Gasteiger partial charge in [-0.2, -0.15) is 5.10 Å². The fraction of sp³-hybridized carbons (Fsp3) is 0.600. The van der Waals surface area contributed by atoms with Crippen molar-refractivity contribution in [2.24, 2.45) is 7.05 Å². The Balaban J connectivity index is 2.08. The number of rotatable bonds is 3. The standard InChI is InChI=1S/C10H15N3O2/c1-13-9(10(14)15)6-8(12-13)5-7-3-2-4-11-7/h6-7,11H,2-5H2,1H3,(H,14,15). The Morgan fingerprint density at radius 3 is 3.13 bits per heavy atom. The van der Waals surface area contributed by atoms with Crippen molar-refractivity contribution < 1.29 is 9.90 Å². The summed E-state index contributed by atoms with van der Waals surface area (Å²) in [7, 11) is 1.66. The second-order valence-corrected chi connectivity index (χ2v) is 3.95. The van der Waals surface area contributed by atoms with Crippen LogP contribution >= 0.6 is 0 Å². The van der Waals surface area contributed by atoms with Crippen LogP contribution in [0.1, 0.15) is 29.0 Å². The summed E-state index contributed by atoms with van der Waals surface area (Å²) in [4.78, 5) is 10.8. The Morgan fingerprint density at radius 2 is 2.60 bits per heavy atom. The molecular formula is C10H15N3O2. The van der Waals surface area contributed by atoms with E-state index in [1.165, 1.54) is 11.1 Å². The van der Waals surface area contributed by atoms with Gasteiger partial charge in [-0.3, -0.25) is 4.68 Å². The monoisotopic (exact) mass is 209 g/mol. The van der Waals surface area contributed by atoms with E-state index in [4.69, 9.17) is 5.11 Å². The first-order chi connectivity index (χ1) is 7.16. The van der Waals surface area contributed by atoms with Gasteiger partial charge in [-0.25, -0.2) is 4.79 Å². The van der Waals surface area contributed by atoms with Crippen molar-refractivity contribution in [3.63, 3.8) is 0 Å². The van der Waals surface area contributed by atoms with Gasteiger partial charge in [0.25, 0.3) is 0 Å². The van der Waals surface area contributed by atoms with E-state index < -0.39 is 5.97 Å². The van der Waals surface area contributed by atoms with E-state index in [1.54, 1.807) is 13.1 Å². The molecule has 0 aromatic carbocycles. The number of aromatic nitrogens is 2. The van der Waals surface area contributed by atoms with E-state index in [2.05, 4.69) is 10.4 Å². The maximum atomic E-state index is 10.8. The molecule has 5 nitrogen and oxygen atoms in total. The average Bonchev–Trinajstić information content (AvgIpc) is 2.75. The molecule has 15 heavy (non-hydrogen) atoms. The van der Waals surface area contributed by atoms with E-state index in [0.29, 0.717) is 6.04 Å². The van der Waals surface area contributed by atoms with Gasteiger partial charge in [0.15, 0.2) is 0 Å². The first-order valence-electron chi connectivity index (χ1n) is 5.16. The predicted molar refractivity (Wildman–Crippen MR) is 54.9 cm³/mol. The van der Waals surface area contributed by atoms with Crippen LogP contribution in [0.25, 0.3) is 0 Å². The van der Waals surface area contributed by atoms with Gasteiger partial charge in [0.05, 0.1) is 5.69 Å². The Bertz CT molecular complexity index is 367. The van der Waals surface area contributed by atoms with Gasteiger partial charge in [-0.05, 0) is 25.5 Å². The van der Waals surface area contributed by atoms with Crippen LogP contribution < -0.4 is 5.32 Å². The zero-order chi connectivity index (χ0) is 10.8. The summed E-state index contributed by atoms with van der Waals surface area (Å²) in [5, 5.41) is 16.4. The van der Waals surface area contributed by atoms with Gasteiger partial charge in [-0.1, -0.05) is 0 Å². The van der Waals surface area contributed by atoms with Crippen LogP contribution in [0.3, 0.4) is 0 Å². The highest BCUT2D eigenvalue weighted by Gasteiger charge is 2.18. The number of carboxylic acid groups (broad SMARTS) is 1. The van der Waals surface area contributed by atoms with Gasteiger partial charge in [0.1, 0.15) is 5.69 Å². The lowest BCUT2D eigenvalue weighted by atomic mass is 10.1. The van der Waals surface area contributed by atoms with Crippen molar-refractivity contribution in [1.82, 2.24) is 15.1 Å². The number of aromatic carboxylic acids is 1. The van der Waals surface area contributed by atoms with Gasteiger partial charge in [-0.15, -0.1) is 0 Å². The minimum absolute atomic E-state index is 0.253. The predicted octanol–water partition coefficient (Wildman–Crippen LogP) is 0.413. The van der Waals surface area contributed by atoms with Crippen molar-refractivity contribution in [2.75, 3.05) is 6.54 Å². The van der Waals surface area contributed by atoms with Crippen molar-refractivity contribution in [1.29, 1.82) is 0 Å². The molecule has 1 saturated heterocycles. The van der Waals surface area contributed by atoms with E-state index in [-0.39, 0.29) is 5.69 Å². The molecule has 1 aliphatic rings. The fourth-order valence-corrected chi connectivity index (χ4v) is 2.01. The summed E-state index contributed by atoms with van der Waals surface area (Å²) < 4.78 is 1.42. The molecule has 0 spiro atoms. The van der Waals surface area contributed by atoms with Gasteiger partial charge in [0, 0.05) is 19.5 Å². The molecule has 0 radical (unpaired) electrons. The summed E-state index contributed by atoms with van der Waals surface area (Å²) in [6.07, 6.45) is 3.17. The molecule has 0 aliphatic carbocycles. The number of hydrogen-bond donors (Lipinski definition) is 2. The Labute approximate surface area is 88.1 Å². The molecule has 2 N–H and O–H groups in total.